The molecule has 0 aliphatic carbocycles. The molecule has 2 rings (SSSR count). The van der Waals surface area contributed by atoms with Crippen LogP contribution in [0.25, 0.3) is 0 Å². The lowest BCUT2D eigenvalue weighted by Gasteiger charge is -2.07. The van der Waals surface area contributed by atoms with E-state index >= 15 is 0 Å². The predicted molar refractivity (Wildman–Crippen MR) is 61.3 cm³/mol. The summed E-state index contributed by atoms with van der Waals surface area (Å²) in [6, 6.07) is 2.52. The van der Waals surface area contributed by atoms with Crippen molar-refractivity contribution in [1.82, 2.24) is 9.55 Å². The van der Waals surface area contributed by atoms with Gasteiger partial charge in [0.2, 0.25) is 0 Å². The van der Waals surface area contributed by atoms with Gasteiger partial charge in [0.1, 0.15) is 11.6 Å². The summed E-state index contributed by atoms with van der Waals surface area (Å²) >= 11 is 3.01. The normalized spacial score (nSPS) is 10.8. The van der Waals surface area contributed by atoms with Crippen molar-refractivity contribution in [1.29, 1.82) is 0 Å². The number of hydrogen-bond donors (Lipinski definition) is 1. The molecule has 2 aromatic rings. The Balaban J connectivity index is 2.32. The predicted octanol–water partition coefficient (Wildman–Crippen LogP) is 2.46. The second-order valence-electron chi connectivity index (χ2n) is 3.52. The zero-order valence-corrected chi connectivity index (χ0v) is 10.3. The van der Waals surface area contributed by atoms with Gasteiger partial charge < -0.3 is 9.67 Å². The molecule has 3 nitrogen and oxygen atoms in total. The summed E-state index contributed by atoms with van der Waals surface area (Å²) in [6.07, 6.45) is 2.96. The van der Waals surface area contributed by atoms with Gasteiger partial charge in [-0.25, -0.2) is 13.8 Å². The average Bonchev–Trinajstić information content (AvgIpc) is 2.77. The van der Waals surface area contributed by atoms with Crippen molar-refractivity contribution in [2.24, 2.45) is 0 Å². The number of aromatic nitrogens is 2. The van der Waals surface area contributed by atoms with Gasteiger partial charge in [-0.1, -0.05) is 0 Å². The van der Waals surface area contributed by atoms with Gasteiger partial charge in [0.05, 0.1) is 29.6 Å². The standard InChI is InChI=1S/C11H9BrF2N2O/c12-9-1-2-10(13)8(11(9)14)4-16-3-7(5-17)15-6-16/h1-3,6,17H,4-5H2. The minimum absolute atomic E-state index is 0.0319. The van der Waals surface area contributed by atoms with Gasteiger partial charge in [-0.05, 0) is 28.1 Å². The molecule has 1 N–H and O–H groups in total. The second-order valence-corrected chi connectivity index (χ2v) is 4.37. The largest absolute Gasteiger partial charge is 0.390 e. The monoisotopic (exact) mass is 302 g/mol. The van der Waals surface area contributed by atoms with Crippen molar-refractivity contribution < 1.29 is 13.9 Å². The molecule has 0 fully saturated rings. The summed E-state index contributed by atoms with van der Waals surface area (Å²) < 4.78 is 28.9. The molecule has 0 amide bonds. The summed E-state index contributed by atoms with van der Waals surface area (Å²) in [6.45, 7) is -0.166. The first-order valence-corrected chi connectivity index (χ1v) is 5.65. The number of halogens is 3. The van der Waals surface area contributed by atoms with Crippen molar-refractivity contribution >= 4 is 15.9 Å². The molecular weight excluding hydrogens is 294 g/mol. The third kappa shape index (κ3) is 2.53. The Morgan fingerprint density at radius 3 is 2.76 bits per heavy atom. The number of imidazole rings is 1. The lowest BCUT2D eigenvalue weighted by molar-refractivity contribution is 0.277. The van der Waals surface area contributed by atoms with E-state index in [1.165, 1.54) is 23.0 Å². The maximum Gasteiger partial charge on any atom is 0.145 e. The van der Waals surface area contributed by atoms with E-state index in [0.29, 0.717) is 5.69 Å². The first-order valence-electron chi connectivity index (χ1n) is 4.85. The number of benzene rings is 1. The van der Waals surface area contributed by atoms with Crippen molar-refractivity contribution in [3.05, 3.63) is 52.0 Å². The topological polar surface area (TPSA) is 38.0 Å². The molecule has 0 aliphatic rings. The van der Waals surface area contributed by atoms with E-state index in [-0.39, 0.29) is 23.2 Å². The summed E-state index contributed by atoms with van der Waals surface area (Å²) in [4.78, 5) is 3.87. The van der Waals surface area contributed by atoms with Crippen LogP contribution in [0.4, 0.5) is 8.78 Å². The van der Waals surface area contributed by atoms with E-state index in [1.54, 1.807) is 6.20 Å². The third-order valence-corrected chi connectivity index (χ3v) is 2.94. The van der Waals surface area contributed by atoms with E-state index < -0.39 is 11.6 Å². The molecule has 0 bridgehead atoms. The van der Waals surface area contributed by atoms with Crippen LogP contribution in [-0.4, -0.2) is 14.7 Å². The highest BCUT2D eigenvalue weighted by molar-refractivity contribution is 9.10. The molecule has 0 unspecified atom stereocenters. The fourth-order valence-electron chi connectivity index (χ4n) is 1.47. The Morgan fingerprint density at radius 1 is 1.35 bits per heavy atom. The zero-order chi connectivity index (χ0) is 12.4. The highest BCUT2D eigenvalue weighted by Crippen LogP contribution is 2.22. The van der Waals surface area contributed by atoms with E-state index in [1.807, 2.05) is 0 Å². The third-order valence-electron chi connectivity index (χ3n) is 2.33. The molecule has 1 aromatic carbocycles. The molecule has 0 radical (unpaired) electrons. The Morgan fingerprint density at radius 2 is 2.12 bits per heavy atom. The second kappa shape index (κ2) is 4.93. The molecule has 17 heavy (non-hydrogen) atoms. The maximum absolute atomic E-state index is 13.7. The van der Waals surface area contributed by atoms with Gasteiger partial charge in [0, 0.05) is 11.8 Å². The molecule has 6 heteroatoms. The van der Waals surface area contributed by atoms with E-state index in [0.717, 1.165) is 0 Å². The van der Waals surface area contributed by atoms with Crippen molar-refractivity contribution in [2.45, 2.75) is 13.2 Å². The fourth-order valence-corrected chi connectivity index (χ4v) is 1.84. The summed E-state index contributed by atoms with van der Waals surface area (Å²) in [5.74, 6) is -1.23. The molecule has 0 saturated heterocycles. The average molecular weight is 303 g/mol. The van der Waals surface area contributed by atoms with Gasteiger partial charge >= 0.3 is 0 Å². The molecule has 1 heterocycles. The van der Waals surface area contributed by atoms with Crippen LogP contribution < -0.4 is 0 Å². The number of hydrogen-bond acceptors (Lipinski definition) is 2. The Bertz CT molecular complexity index is 542. The Kier molecular flexibility index (Phi) is 3.54. The number of nitrogens with zero attached hydrogens (tertiary/aromatic N) is 2. The molecular formula is C11H9BrF2N2O. The molecule has 0 saturated carbocycles. The Hall–Kier alpha value is -1.27. The van der Waals surface area contributed by atoms with Crippen LogP contribution in [0.15, 0.2) is 29.1 Å². The highest BCUT2D eigenvalue weighted by atomic mass is 79.9. The lowest BCUT2D eigenvalue weighted by Crippen LogP contribution is -2.03. The van der Waals surface area contributed by atoms with Crippen LogP contribution in [0, 0.1) is 11.6 Å². The summed E-state index contributed by atoms with van der Waals surface area (Å²) in [5, 5.41) is 8.84. The number of aliphatic hydroxyl groups excluding tert-OH is 1. The van der Waals surface area contributed by atoms with Crippen LogP contribution in [0.3, 0.4) is 0 Å². The minimum atomic E-state index is -0.621. The van der Waals surface area contributed by atoms with E-state index in [4.69, 9.17) is 5.11 Å². The first kappa shape index (κ1) is 12.2. The smallest absolute Gasteiger partial charge is 0.145 e. The molecule has 90 valence electrons. The summed E-state index contributed by atoms with van der Waals surface area (Å²) in [7, 11) is 0. The zero-order valence-electron chi connectivity index (χ0n) is 8.70. The molecule has 0 aliphatic heterocycles. The van der Waals surface area contributed by atoms with Crippen molar-refractivity contribution in [3.63, 3.8) is 0 Å². The Labute approximate surface area is 105 Å². The van der Waals surface area contributed by atoms with Gasteiger partial charge in [-0.3, -0.25) is 0 Å². The SMILES string of the molecule is OCc1cn(Cc2c(F)ccc(Br)c2F)cn1. The van der Waals surface area contributed by atoms with Crippen molar-refractivity contribution in [2.75, 3.05) is 0 Å². The van der Waals surface area contributed by atoms with E-state index in [9.17, 15) is 8.78 Å². The first-order chi connectivity index (χ1) is 8.11. The van der Waals surface area contributed by atoms with Crippen LogP contribution in [0.1, 0.15) is 11.3 Å². The van der Waals surface area contributed by atoms with Crippen LogP contribution in [0.5, 0.6) is 0 Å². The van der Waals surface area contributed by atoms with Gasteiger partial charge in [-0.15, -0.1) is 0 Å². The number of rotatable bonds is 3. The number of aliphatic hydroxyl groups is 1. The molecule has 0 spiro atoms. The van der Waals surface area contributed by atoms with Crippen LogP contribution in [-0.2, 0) is 13.2 Å². The van der Waals surface area contributed by atoms with Gasteiger partial charge in [0.25, 0.3) is 0 Å². The van der Waals surface area contributed by atoms with Crippen molar-refractivity contribution in [3.8, 4) is 0 Å². The fraction of sp³-hybridized carbons (Fsp3) is 0.182. The van der Waals surface area contributed by atoms with Crippen LogP contribution >= 0.6 is 15.9 Å². The minimum Gasteiger partial charge on any atom is -0.390 e. The quantitative estimate of drug-likeness (QED) is 0.885. The highest BCUT2D eigenvalue weighted by Gasteiger charge is 2.12. The lowest BCUT2D eigenvalue weighted by atomic mass is 10.2. The summed E-state index contributed by atoms with van der Waals surface area (Å²) in [5.41, 5.74) is 0.419. The maximum atomic E-state index is 13.7. The van der Waals surface area contributed by atoms with E-state index in [2.05, 4.69) is 20.9 Å². The van der Waals surface area contributed by atoms with Gasteiger partial charge in [-0.2, -0.15) is 0 Å². The van der Waals surface area contributed by atoms with Crippen LogP contribution in [0.2, 0.25) is 0 Å². The van der Waals surface area contributed by atoms with Gasteiger partial charge in [0.15, 0.2) is 0 Å². The molecule has 0 atom stereocenters. The molecule has 1 aromatic heterocycles.